The Balaban J connectivity index is 2.33. The van der Waals surface area contributed by atoms with Crippen molar-refractivity contribution >= 4 is 17.3 Å². The first kappa shape index (κ1) is 13.2. The maximum atomic E-state index is 12.8. The number of para-hydroxylation sites is 1. The Morgan fingerprint density at radius 3 is 2.32 bits per heavy atom. The number of rotatable bonds is 3. The maximum absolute atomic E-state index is 12.8. The molecule has 19 heavy (non-hydrogen) atoms. The number of nitrogens with one attached hydrogen (secondary N) is 2. The fourth-order valence-corrected chi connectivity index (χ4v) is 1.56. The Morgan fingerprint density at radius 2 is 1.63 bits per heavy atom. The molecule has 0 fully saturated rings. The molecule has 4 N–H and O–H groups in total. The summed E-state index contributed by atoms with van der Waals surface area (Å²) in [4.78, 5) is 4.00. The number of pyridine rings is 1. The smallest absolute Gasteiger partial charge is 0.340 e. The molecule has 100 valence electrons. The van der Waals surface area contributed by atoms with Crippen molar-refractivity contribution in [1.82, 2.24) is 4.98 Å². The quantitative estimate of drug-likeness (QED) is 0.591. The van der Waals surface area contributed by atoms with Gasteiger partial charge in [-0.25, -0.2) is 10.8 Å². The van der Waals surface area contributed by atoms with Gasteiger partial charge >= 0.3 is 6.18 Å². The molecule has 0 saturated heterocycles. The largest absolute Gasteiger partial charge is 0.418 e. The summed E-state index contributed by atoms with van der Waals surface area (Å²) in [7, 11) is 0. The molecule has 1 aromatic carbocycles. The molecular formula is C12H11F3N4. The summed E-state index contributed by atoms with van der Waals surface area (Å²) >= 11 is 0. The molecular weight excluding hydrogens is 257 g/mol. The van der Waals surface area contributed by atoms with Crippen molar-refractivity contribution in [3.05, 3.63) is 48.0 Å². The van der Waals surface area contributed by atoms with Crippen LogP contribution in [-0.4, -0.2) is 4.98 Å². The highest BCUT2D eigenvalue weighted by molar-refractivity contribution is 5.62. The number of aromatic nitrogens is 1. The third kappa shape index (κ3) is 3.14. The first-order valence-corrected chi connectivity index (χ1v) is 5.37. The normalized spacial score (nSPS) is 11.2. The molecule has 0 radical (unpaired) electrons. The summed E-state index contributed by atoms with van der Waals surface area (Å²) in [6.07, 6.45) is -4.42. The number of nitrogen functional groups attached to an aromatic ring is 1. The third-order valence-electron chi connectivity index (χ3n) is 2.39. The Morgan fingerprint density at radius 1 is 0.947 bits per heavy atom. The molecule has 0 aliphatic rings. The zero-order chi connectivity index (χ0) is 13.9. The van der Waals surface area contributed by atoms with E-state index < -0.39 is 11.7 Å². The van der Waals surface area contributed by atoms with Gasteiger partial charge in [-0.3, -0.25) is 0 Å². The minimum atomic E-state index is -4.42. The van der Waals surface area contributed by atoms with Crippen LogP contribution < -0.4 is 16.6 Å². The second-order valence-corrected chi connectivity index (χ2v) is 3.72. The highest BCUT2D eigenvalue weighted by atomic mass is 19.4. The van der Waals surface area contributed by atoms with Crippen LogP contribution in [0.3, 0.4) is 0 Å². The van der Waals surface area contributed by atoms with Crippen LogP contribution >= 0.6 is 0 Å². The van der Waals surface area contributed by atoms with Crippen LogP contribution in [0.25, 0.3) is 0 Å². The number of alkyl halides is 3. The second-order valence-electron chi connectivity index (χ2n) is 3.72. The van der Waals surface area contributed by atoms with E-state index in [0.717, 1.165) is 6.07 Å². The van der Waals surface area contributed by atoms with Crippen molar-refractivity contribution in [1.29, 1.82) is 0 Å². The van der Waals surface area contributed by atoms with Crippen molar-refractivity contribution in [2.24, 2.45) is 5.84 Å². The number of hydrogen-bond donors (Lipinski definition) is 3. The average molecular weight is 268 g/mol. The lowest BCUT2D eigenvalue weighted by molar-refractivity contribution is -0.136. The molecule has 0 aliphatic heterocycles. The van der Waals surface area contributed by atoms with Gasteiger partial charge in [0.25, 0.3) is 0 Å². The van der Waals surface area contributed by atoms with Gasteiger partial charge in [-0.2, -0.15) is 13.2 Å². The highest BCUT2D eigenvalue weighted by Crippen LogP contribution is 2.35. The van der Waals surface area contributed by atoms with Gasteiger partial charge in [0.1, 0.15) is 11.6 Å². The van der Waals surface area contributed by atoms with Crippen molar-refractivity contribution < 1.29 is 13.2 Å². The Labute approximate surface area is 107 Å². The molecule has 2 rings (SSSR count). The van der Waals surface area contributed by atoms with Crippen molar-refractivity contribution in [2.45, 2.75) is 6.18 Å². The van der Waals surface area contributed by atoms with Crippen LogP contribution in [0.2, 0.25) is 0 Å². The number of nitrogens with two attached hydrogens (primary N) is 1. The number of nitrogens with zero attached hydrogens (tertiary/aromatic N) is 1. The van der Waals surface area contributed by atoms with E-state index in [0.29, 0.717) is 5.82 Å². The van der Waals surface area contributed by atoms with Gasteiger partial charge in [0.15, 0.2) is 0 Å². The lowest BCUT2D eigenvalue weighted by Crippen LogP contribution is -2.11. The zero-order valence-corrected chi connectivity index (χ0v) is 9.70. The Bertz CT molecular complexity index is 569. The molecule has 0 amide bonds. The second kappa shape index (κ2) is 5.15. The Hall–Kier alpha value is -2.28. The average Bonchev–Trinajstić information content (AvgIpc) is 2.38. The number of benzene rings is 1. The van der Waals surface area contributed by atoms with E-state index in [1.807, 2.05) is 0 Å². The molecule has 1 aromatic heterocycles. The van der Waals surface area contributed by atoms with E-state index in [-0.39, 0.29) is 11.5 Å². The molecule has 1 heterocycles. The van der Waals surface area contributed by atoms with Crippen molar-refractivity contribution in [2.75, 3.05) is 10.7 Å². The zero-order valence-electron chi connectivity index (χ0n) is 9.70. The van der Waals surface area contributed by atoms with Crippen LogP contribution in [-0.2, 0) is 6.18 Å². The number of anilines is 3. The molecule has 0 bridgehead atoms. The van der Waals surface area contributed by atoms with Gasteiger partial charge in [0.05, 0.1) is 11.3 Å². The molecule has 4 nitrogen and oxygen atoms in total. The Kier molecular flexibility index (Phi) is 3.57. The molecule has 0 unspecified atom stereocenters. The van der Waals surface area contributed by atoms with E-state index >= 15 is 0 Å². The van der Waals surface area contributed by atoms with Crippen LogP contribution in [0.5, 0.6) is 0 Å². The molecule has 0 aliphatic carbocycles. The van der Waals surface area contributed by atoms with Crippen molar-refractivity contribution in [3.63, 3.8) is 0 Å². The topological polar surface area (TPSA) is 63.0 Å². The standard InChI is InChI=1S/C12H11F3N4/c13-12(14,15)8-4-1-2-5-9(8)17-10-6-3-7-11(18-10)19-16/h1-7H,16H2,(H2,17,18,19). The van der Waals surface area contributed by atoms with E-state index in [2.05, 4.69) is 15.7 Å². The summed E-state index contributed by atoms with van der Waals surface area (Å²) in [5.41, 5.74) is 1.52. The fraction of sp³-hybridized carbons (Fsp3) is 0.0833. The lowest BCUT2D eigenvalue weighted by Gasteiger charge is -2.14. The molecule has 0 atom stereocenters. The van der Waals surface area contributed by atoms with Gasteiger partial charge in [-0.1, -0.05) is 18.2 Å². The number of halogens is 3. The van der Waals surface area contributed by atoms with Gasteiger partial charge in [0.2, 0.25) is 0 Å². The predicted octanol–water partition coefficient (Wildman–Crippen LogP) is 3.13. The van der Waals surface area contributed by atoms with Crippen LogP contribution in [0.1, 0.15) is 5.56 Å². The van der Waals surface area contributed by atoms with E-state index in [4.69, 9.17) is 5.84 Å². The van der Waals surface area contributed by atoms with Crippen molar-refractivity contribution in [3.8, 4) is 0 Å². The lowest BCUT2D eigenvalue weighted by atomic mass is 10.1. The SMILES string of the molecule is NNc1cccc(Nc2ccccc2C(F)(F)F)n1. The molecule has 2 aromatic rings. The predicted molar refractivity (Wildman–Crippen MR) is 66.8 cm³/mol. The van der Waals surface area contributed by atoms with E-state index in [1.165, 1.54) is 18.2 Å². The van der Waals surface area contributed by atoms with Crippen LogP contribution in [0, 0.1) is 0 Å². The van der Waals surface area contributed by atoms with Gasteiger partial charge in [-0.15, -0.1) is 0 Å². The number of hydrogen-bond acceptors (Lipinski definition) is 4. The van der Waals surface area contributed by atoms with E-state index in [9.17, 15) is 13.2 Å². The minimum absolute atomic E-state index is 0.0586. The van der Waals surface area contributed by atoms with Gasteiger partial charge in [0, 0.05) is 0 Å². The summed E-state index contributed by atoms with van der Waals surface area (Å²) in [5, 5.41) is 2.63. The van der Waals surface area contributed by atoms with Crippen LogP contribution in [0.4, 0.5) is 30.5 Å². The molecule has 7 heteroatoms. The number of hydrazine groups is 1. The van der Waals surface area contributed by atoms with Gasteiger partial charge < -0.3 is 10.7 Å². The fourth-order valence-electron chi connectivity index (χ4n) is 1.56. The maximum Gasteiger partial charge on any atom is 0.418 e. The first-order chi connectivity index (χ1) is 9.00. The summed E-state index contributed by atoms with van der Waals surface area (Å²) in [6.45, 7) is 0. The summed E-state index contributed by atoms with van der Waals surface area (Å²) < 4.78 is 38.4. The highest BCUT2D eigenvalue weighted by Gasteiger charge is 2.33. The molecule has 0 saturated carbocycles. The minimum Gasteiger partial charge on any atom is -0.340 e. The monoisotopic (exact) mass is 268 g/mol. The third-order valence-corrected chi connectivity index (χ3v) is 2.39. The van der Waals surface area contributed by atoms with Crippen LogP contribution in [0.15, 0.2) is 42.5 Å². The van der Waals surface area contributed by atoms with Gasteiger partial charge in [-0.05, 0) is 24.3 Å². The van der Waals surface area contributed by atoms with E-state index in [1.54, 1.807) is 18.2 Å². The molecule has 0 spiro atoms. The summed E-state index contributed by atoms with van der Waals surface area (Å²) in [6, 6.07) is 9.97. The first-order valence-electron chi connectivity index (χ1n) is 5.37. The summed E-state index contributed by atoms with van der Waals surface area (Å²) in [5.74, 6) is 5.82.